The molecule has 9 heteroatoms. The Hall–Kier alpha value is -1.71. The molecule has 0 fully saturated rings. The predicted octanol–water partition coefficient (Wildman–Crippen LogP) is -0.257. The minimum atomic E-state index is -2.27. The van der Waals surface area contributed by atoms with Gasteiger partial charge in [0.1, 0.15) is 0 Å². The van der Waals surface area contributed by atoms with E-state index in [0.29, 0.717) is 24.8 Å². The van der Waals surface area contributed by atoms with Crippen LogP contribution in [0, 0.1) is 11.8 Å². The van der Waals surface area contributed by atoms with Gasteiger partial charge in [-0.15, -0.1) is 0 Å². The Labute approximate surface area is 148 Å². The number of aliphatic hydroxyl groups excluding tert-OH is 2. The summed E-state index contributed by atoms with van der Waals surface area (Å²) in [5.74, 6) is -2.33. The fourth-order valence-corrected chi connectivity index (χ4v) is 2.15. The van der Waals surface area contributed by atoms with Crippen LogP contribution in [-0.2, 0) is 14.4 Å². The van der Waals surface area contributed by atoms with Crippen molar-refractivity contribution in [1.29, 1.82) is 0 Å². The first-order valence-electron chi connectivity index (χ1n) is 8.31. The normalized spacial score (nSPS) is 14.1. The summed E-state index contributed by atoms with van der Waals surface area (Å²) in [4.78, 5) is 33.2. The molecule has 0 radical (unpaired) electrons. The summed E-state index contributed by atoms with van der Waals surface area (Å²) >= 11 is 0. The maximum Gasteiger partial charge on any atom is 0.335 e. The summed E-state index contributed by atoms with van der Waals surface area (Å²) < 4.78 is 0. The zero-order valence-electron chi connectivity index (χ0n) is 15.4. The molecular weight excluding hydrogens is 332 g/mol. The smallest absolute Gasteiger partial charge is 0.335 e. The van der Waals surface area contributed by atoms with Gasteiger partial charge in [0, 0.05) is 19.5 Å². The van der Waals surface area contributed by atoms with Gasteiger partial charge < -0.3 is 31.1 Å². The van der Waals surface area contributed by atoms with Gasteiger partial charge in [-0.05, 0) is 38.6 Å². The summed E-state index contributed by atoms with van der Waals surface area (Å²) in [5, 5.41) is 32.5. The van der Waals surface area contributed by atoms with Crippen LogP contribution in [0.15, 0.2) is 0 Å². The number of rotatable bonds is 10. The standard InChI is InChI=1S/C12H26N2O.C4H6O6/c1-5-14(6-2)12(15)8-11(9-13)7-10(3)4;5-1(3(7)8)2(6)4(9)10/h10-11H,5-9,13H2,1-4H3;1-2,5-6H,(H,7,8)(H,9,10)/t11-;1-,2-/m00/s1. The van der Waals surface area contributed by atoms with E-state index in [4.69, 9.17) is 26.2 Å². The molecule has 0 saturated heterocycles. The number of hydrogen-bond donors (Lipinski definition) is 5. The van der Waals surface area contributed by atoms with Gasteiger partial charge in [0.25, 0.3) is 0 Å². The topological polar surface area (TPSA) is 161 Å². The van der Waals surface area contributed by atoms with E-state index in [9.17, 15) is 14.4 Å². The molecule has 0 unspecified atom stereocenters. The van der Waals surface area contributed by atoms with Crippen molar-refractivity contribution in [2.24, 2.45) is 17.6 Å². The van der Waals surface area contributed by atoms with Crippen molar-refractivity contribution in [2.45, 2.75) is 52.7 Å². The number of carbonyl (C=O) groups excluding carboxylic acids is 1. The van der Waals surface area contributed by atoms with Crippen LogP contribution in [0.1, 0.15) is 40.5 Å². The Bertz CT molecular complexity index is 393. The molecule has 0 aliphatic rings. The van der Waals surface area contributed by atoms with Crippen LogP contribution in [0.2, 0.25) is 0 Å². The number of hydrogen-bond acceptors (Lipinski definition) is 6. The average Bonchev–Trinajstić information content (AvgIpc) is 2.53. The Morgan fingerprint density at radius 3 is 1.60 bits per heavy atom. The van der Waals surface area contributed by atoms with E-state index in [1.807, 2.05) is 18.7 Å². The summed E-state index contributed by atoms with van der Waals surface area (Å²) in [5.41, 5.74) is 5.68. The number of amides is 1. The van der Waals surface area contributed by atoms with Crippen LogP contribution in [0.25, 0.3) is 0 Å². The van der Waals surface area contributed by atoms with Gasteiger partial charge in [-0.2, -0.15) is 0 Å². The minimum Gasteiger partial charge on any atom is -0.479 e. The summed E-state index contributed by atoms with van der Waals surface area (Å²) in [6.45, 7) is 10.6. The fourth-order valence-electron chi connectivity index (χ4n) is 2.15. The lowest BCUT2D eigenvalue weighted by Gasteiger charge is -2.22. The third-order valence-corrected chi connectivity index (χ3v) is 3.52. The molecule has 6 N–H and O–H groups in total. The third-order valence-electron chi connectivity index (χ3n) is 3.52. The number of nitrogens with two attached hydrogens (primary N) is 1. The Morgan fingerprint density at radius 1 is 0.960 bits per heavy atom. The van der Waals surface area contributed by atoms with Crippen molar-refractivity contribution in [3.05, 3.63) is 0 Å². The van der Waals surface area contributed by atoms with E-state index >= 15 is 0 Å². The van der Waals surface area contributed by atoms with Crippen molar-refractivity contribution >= 4 is 17.8 Å². The van der Waals surface area contributed by atoms with Gasteiger partial charge in [-0.25, -0.2) is 9.59 Å². The van der Waals surface area contributed by atoms with Gasteiger partial charge in [0.05, 0.1) is 0 Å². The molecule has 9 nitrogen and oxygen atoms in total. The quantitative estimate of drug-likeness (QED) is 0.354. The SMILES string of the molecule is CCN(CC)C(=O)C[C@@H](CN)CC(C)C.O=C(O)[C@@H](O)[C@H](O)C(=O)O. The molecule has 0 aromatic rings. The summed E-state index contributed by atoms with van der Waals surface area (Å²) in [6.07, 6.45) is -2.88. The first kappa shape index (κ1) is 25.5. The van der Waals surface area contributed by atoms with Gasteiger partial charge in [0.2, 0.25) is 5.91 Å². The van der Waals surface area contributed by atoms with Crippen LogP contribution in [-0.4, -0.2) is 75.0 Å². The molecule has 3 atom stereocenters. The molecule has 0 heterocycles. The van der Waals surface area contributed by atoms with Crippen molar-refractivity contribution in [3.63, 3.8) is 0 Å². The van der Waals surface area contributed by atoms with E-state index in [2.05, 4.69) is 13.8 Å². The van der Waals surface area contributed by atoms with Gasteiger partial charge in [-0.1, -0.05) is 13.8 Å². The predicted molar refractivity (Wildman–Crippen MR) is 91.8 cm³/mol. The number of carboxylic acids is 2. The van der Waals surface area contributed by atoms with Crippen molar-refractivity contribution in [2.75, 3.05) is 19.6 Å². The first-order chi connectivity index (χ1) is 11.5. The maximum atomic E-state index is 11.8. The van der Waals surface area contributed by atoms with Crippen LogP contribution < -0.4 is 5.73 Å². The van der Waals surface area contributed by atoms with Crippen molar-refractivity contribution in [3.8, 4) is 0 Å². The highest BCUT2D eigenvalue weighted by molar-refractivity contribution is 5.83. The lowest BCUT2D eigenvalue weighted by Crippen LogP contribution is -2.39. The summed E-state index contributed by atoms with van der Waals surface area (Å²) in [7, 11) is 0. The Kier molecular flexibility index (Phi) is 13.9. The highest BCUT2D eigenvalue weighted by atomic mass is 16.4. The maximum absolute atomic E-state index is 11.8. The molecule has 0 aliphatic heterocycles. The number of carboxylic acid groups (broad SMARTS) is 2. The third kappa shape index (κ3) is 11.5. The van der Waals surface area contributed by atoms with E-state index in [1.165, 1.54) is 0 Å². The highest BCUT2D eigenvalue weighted by Crippen LogP contribution is 2.15. The first-order valence-corrected chi connectivity index (χ1v) is 8.31. The second kappa shape index (κ2) is 13.6. The van der Waals surface area contributed by atoms with Crippen LogP contribution in [0.5, 0.6) is 0 Å². The van der Waals surface area contributed by atoms with E-state index in [-0.39, 0.29) is 5.91 Å². The molecule has 0 spiro atoms. The number of carbonyl (C=O) groups is 3. The molecule has 25 heavy (non-hydrogen) atoms. The molecule has 0 aliphatic carbocycles. The molecule has 1 amide bonds. The lowest BCUT2D eigenvalue weighted by molar-refractivity contribution is -0.165. The van der Waals surface area contributed by atoms with Gasteiger partial charge in [-0.3, -0.25) is 4.79 Å². The Balaban J connectivity index is 0. The zero-order chi connectivity index (χ0) is 20.2. The average molecular weight is 364 g/mol. The second-order valence-electron chi connectivity index (χ2n) is 6.07. The largest absolute Gasteiger partial charge is 0.479 e. The molecule has 0 rings (SSSR count). The lowest BCUT2D eigenvalue weighted by atomic mass is 9.94. The molecule has 0 aromatic carbocycles. The van der Waals surface area contributed by atoms with Gasteiger partial charge >= 0.3 is 11.9 Å². The van der Waals surface area contributed by atoms with Crippen LogP contribution >= 0.6 is 0 Å². The molecule has 0 bridgehead atoms. The molecular formula is C16H32N2O7. The van der Waals surface area contributed by atoms with Crippen LogP contribution in [0.4, 0.5) is 0 Å². The van der Waals surface area contributed by atoms with E-state index in [0.717, 1.165) is 19.5 Å². The van der Waals surface area contributed by atoms with E-state index in [1.54, 1.807) is 0 Å². The monoisotopic (exact) mass is 364 g/mol. The van der Waals surface area contributed by atoms with Crippen LogP contribution in [0.3, 0.4) is 0 Å². The zero-order valence-corrected chi connectivity index (χ0v) is 15.4. The minimum absolute atomic E-state index is 0.246. The van der Waals surface area contributed by atoms with Crippen molar-refractivity contribution < 1.29 is 34.8 Å². The van der Waals surface area contributed by atoms with Gasteiger partial charge in [0.15, 0.2) is 12.2 Å². The fraction of sp³-hybridized carbons (Fsp3) is 0.812. The van der Waals surface area contributed by atoms with Crippen molar-refractivity contribution in [1.82, 2.24) is 4.90 Å². The number of nitrogens with zero attached hydrogens (tertiary/aromatic N) is 1. The van der Waals surface area contributed by atoms with E-state index < -0.39 is 24.1 Å². The summed E-state index contributed by atoms with van der Waals surface area (Å²) in [6, 6.07) is 0. The molecule has 0 aromatic heterocycles. The number of aliphatic hydroxyl groups is 2. The molecule has 0 saturated carbocycles. The number of aliphatic carboxylic acids is 2. The Morgan fingerprint density at radius 2 is 1.36 bits per heavy atom. The second-order valence-corrected chi connectivity index (χ2v) is 6.07. The molecule has 148 valence electrons. The highest BCUT2D eigenvalue weighted by Gasteiger charge is 2.29.